The lowest BCUT2D eigenvalue weighted by Gasteiger charge is -2.07. The van der Waals surface area contributed by atoms with Crippen LogP contribution in [0.2, 0.25) is 0 Å². The van der Waals surface area contributed by atoms with Crippen LogP contribution < -0.4 is 4.74 Å². The van der Waals surface area contributed by atoms with Gasteiger partial charge in [0.25, 0.3) is 0 Å². The lowest BCUT2D eigenvalue weighted by atomic mass is 10.1. The standard InChI is InChI=1S/C24H22N4O2/c1-17-7-4-5-8-21(17)24(29)30-20-12-10-18(11-13-20)15-19(16-25)23-27-26-22-9-3-2-6-14-28(22)23/h4-5,7-8,10-13,15H,2-3,6,9,14H2,1H3. The Morgan fingerprint density at radius 1 is 1.10 bits per heavy atom. The molecule has 0 amide bonds. The molecular weight excluding hydrogens is 376 g/mol. The van der Waals surface area contributed by atoms with Gasteiger partial charge in [-0.1, -0.05) is 36.8 Å². The van der Waals surface area contributed by atoms with Crippen molar-refractivity contribution < 1.29 is 9.53 Å². The summed E-state index contributed by atoms with van der Waals surface area (Å²) >= 11 is 0. The van der Waals surface area contributed by atoms with Gasteiger partial charge in [-0.05, 0) is 55.2 Å². The van der Waals surface area contributed by atoms with E-state index >= 15 is 0 Å². The highest BCUT2D eigenvalue weighted by atomic mass is 16.5. The third-order valence-corrected chi connectivity index (χ3v) is 5.24. The summed E-state index contributed by atoms with van der Waals surface area (Å²) in [5, 5.41) is 18.2. The van der Waals surface area contributed by atoms with Gasteiger partial charge in [0.2, 0.25) is 0 Å². The topological polar surface area (TPSA) is 80.8 Å². The van der Waals surface area contributed by atoms with Gasteiger partial charge in [-0.25, -0.2) is 4.79 Å². The van der Waals surface area contributed by atoms with E-state index in [1.807, 2.05) is 37.3 Å². The summed E-state index contributed by atoms with van der Waals surface area (Å²) in [5.41, 5.74) is 2.71. The van der Waals surface area contributed by atoms with Crippen molar-refractivity contribution in [3.8, 4) is 11.8 Å². The first kappa shape index (κ1) is 19.6. The van der Waals surface area contributed by atoms with Crippen molar-refractivity contribution in [2.75, 3.05) is 0 Å². The predicted octanol–water partition coefficient (Wildman–Crippen LogP) is 4.60. The van der Waals surface area contributed by atoms with Gasteiger partial charge in [0.1, 0.15) is 17.6 Å². The van der Waals surface area contributed by atoms with Crippen LogP contribution in [0.15, 0.2) is 48.5 Å². The van der Waals surface area contributed by atoms with Crippen LogP contribution in [-0.4, -0.2) is 20.7 Å². The second-order valence-electron chi connectivity index (χ2n) is 7.35. The first-order valence-corrected chi connectivity index (χ1v) is 10.1. The van der Waals surface area contributed by atoms with E-state index in [9.17, 15) is 10.1 Å². The Balaban J connectivity index is 1.53. The van der Waals surface area contributed by atoms with Crippen molar-refractivity contribution in [2.45, 2.75) is 39.2 Å². The highest BCUT2D eigenvalue weighted by Crippen LogP contribution is 2.23. The normalized spacial score (nSPS) is 13.8. The lowest BCUT2D eigenvalue weighted by Crippen LogP contribution is -2.09. The van der Waals surface area contributed by atoms with Gasteiger partial charge in [0, 0.05) is 13.0 Å². The summed E-state index contributed by atoms with van der Waals surface area (Å²) in [5.74, 6) is 1.63. The zero-order valence-corrected chi connectivity index (χ0v) is 16.8. The largest absolute Gasteiger partial charge is 0.423 e. The average molecular weight is 398 g/mol. The van der Waals surface area contributed by atoms with Crippen molar-refractivity contribution in [1.29, 1.82) is 5.26 Å². The Bertz CT molecular complexity index is 1140. The number of allylic oxidation sites excluding steroid dienone is 1. The van der Waals surface area contributed by atoms with E-state index in [0.717, 1.165) is 49.2 Å². The summed E-state index contributed by atoms with van der Waals surface area (Å²) in [6.07, 6.45) is 6.02. The molecule has 0 saturated carbocycles. The molecule has 0 bridgehead atoms. The van der Waals surface area contributed by atoms with Crippen LogP contribution in [-0.2, 0) is 13.0 Å². The molecule has 6 heteroatoms. The minimum atomic E-state index is -0.389. The molecule has 6 nitrogen and oxygen atoms in total. The van der Waals surface area contributed by atoms with E-state index in [-0.39, 0.29) is 5.97 Å². The van der Waals surface area contributed by atoms with E-state index in [0.29, 0.717) is 22.7 Å². The molecule has 0 saturated heterocycles. The molecule has 0 spiro atoms. The molecule has 2 heterocycles. The maximum Gasteiger partial charge on any atom is 0.343 e. The monoisotopic (exact) mass is 398 g/mol. The van der Waals surface area contributed by atoms with E-state index in [1.54, 1.807) is 24.3 Å². The lowest BCUT2D eigenvalue weighted by molar-refractivity contribution is 0.0734. The fourth-order valence-corrected chi connectivity index (χ4v) is 3.59. The minimum Gasteiger partial charge on any atom is -0.423 e. The molecule has 1 aromatic heterocycles. The number of aromatic nitrogens is 3. The maximum absolute atomic E-state index is 12.4. The number of nitrogens with zero attached hydrogens (tertiary/aromatic N) is 4. The Hall–Kier alpha value is -3.72. The zero-order chi connectivity index (χ0) is 20.9. The Morgan fingerprint density at radius 3 is 2.67 bits per heavy atom. The number of ether oxygens (including phenoxy) is 1. The molecule has 150 valence electrons. The number of nitriles is 1. The fourth-order valence-electron chi connectivity index (χ4n) is 3.59. The predicted molar refractivity (Wildman–Crippen MR) is 114 cm³/mol. The molecule has 0 aliphatic carbocycles. The van der Waals surface area contributed by atoms with Crippen LogP contribution in [0, 0.1) is 18.3 Å². The van der Waals surface area contributed by atoms with Gasteiger partial charge in [-0.3, -0.25) is 0 Å². The van der Waals surface area contributed by atoms with Crippen molar-refractivity contribution in [3.63, 3.8) is 0 Å². The van der Waals surface area contributed by atoms with Gasteiger partial charge in [0.05, 0.1) is 11.1 Å². The molecule has 2 aromatic carbocycles. The van der Waals surface area contributed by atoms with Gasteiger partial charge < -0.3 is 9.30 Å². The number of carbonyl (C=O) groups excluding carboxylic acids is 1. The number of fused-ring (bicyclic) bond motifs is 1. The third kappa shape index (κ3) is 4.15. The molecule has 0 N–H and O–H groups in total. The summed E-state index contributed by atoms with van der Waals surface area (Å²) in [6, 6.07) is 16.6. The summed E-state index contributed by atoms with van der Waals surface area (Å²) in [6.45, 7) is 2.71. The quantitative estimate of drug-likeness (QED) is 0.365. The minimum absolute atomic E-state index is 0.389. The number of carbonyl (C=O) groups is 1. The first-order chi connectivity index (χ1) is 14.7. The molecule has 1 aliphatic rings. The Morgan fingerprint density at radius 2 is 1.90 bits per heavy atom. The average Bonchev–Trinajstić information content (AvgIpc) is 3.01. The van der Waals surface area contributed by atoms with Crippen LogP contribution in [0.1, 0.15) is 52.4 Å². The van der Waals surface area contributed by atoms with Crippen molar-refractivity contribution in [1.82, 2.24) is 14.8 Å². The smallest absolute Gasteiger partial charge is 0.343 e. The first-order valence-electron chi connectivity index (χ1n) is 10.1. The summed E-state index contributed by atoms with van der Waals surface area (Å²) in [7, 11) is 0. The molecule has 4 rings (SSSR count). The van der Waals surface area contributed by atoms with E-state index < -0.39 is 0 Å². The van der Waals surface area contributed by atoms with Crippen LogP contribution in [0.3, 0.4) is 0 Å². The molecule has 0 radical (unpaired) electrons. The number of hydrogen-bond donors (Lipinski definition) is 0. The van der Waals surface area contributed by atoms with Crippen LogP contribution in [0.4, 0.5) is 0 Å². The third-order valence-electron chi connectivity index (χ3n) is 5.24. The van der Waals surface area contributed by atoms with Gasteiger partial charge >= 0.3 is 5.97 Å². The fraction of sp³-hybridized carbons (Fsp3) is 0.250. The van der Waals surface area contributed by atoms with E-state index in [2.05, 4.69) is 20.8 Å². The van der Waals surface area contributed by atoms with Crippen molar-refractivity contribution in [2.24, 2.45) is 0 Å². The number of hydrogen-bond acceptors (Lipinski definition) is 5. The van der Waals surface area contributed by atoms with Crippen LogP contribution in [0.25, 0.3) is 11.6 Å². The highest BCUT2D eigenvalue weighted by Gasteiger charge is 2.17. The van der Waals surface area contributed by atoms with E-state index in [4.69, 9.17) is 4.74 Å². The summed E-state index contributed by atoms with van der Waals surface area (Å²) < 4.78 is 7.53. The van der Waals surface area contributed by atoms with Crippen molar-refractivity contribution >= 4 is 17.6 Å². The highest BCUT2D eigenvalue weighted by molar-refractivity contribution is 5.92. The molecule has 30 heavy (non-hydrogen) atoms. The summed E-state index contributed by atoms with van der Waals surface area (Å²) in [4.78, 5) is 12.4. The SMILES string of the molecule is Cc1ccccc1C(=O)Oc1ccc(C=C(C#N)c2nnc3n2CCCCC3)cc1. The molecule has 1 aliphatic heterocycles. The van der Waals surface area contributed by atoms with Crippen LogP contribution in [0.5, 0.6) is 5.75 Å². The second kappa shape index (κ2) is 8.75. The number of rotatable bonds is 4. The second-order valence-corrected chi connectivity index (χ2v) is 7.35. The van der Waals surface area contributed by atoms with Crippen LogP contribution >= 0.6 is 0 Å². The van der Waals surface area contributed by atoms with Gasteiger partial charge in [-0.2, -0.15) is 5.26 Å². The molecule has 0 unspecified atom stereocenters. The zero-order valence-electron chi connectivity index (χ0n) is 16.8. The maximum atomic E-state index is 12.4. The molecule has 3 aromatic rings. The Kier molecular flexibility index (Phi) is 5.71. The Labute approximate surface area is 175 Å². The molecule has 0 atom stereocenters. The van der Waals surface area contributed by atoms with Gasteiger partial charge in [-0.15, -0.1) is 10.2 Å². The molecular formula is C24H22N4O2. The number of esters is 1. The van der Waals surface area contributed by atoms with E-state index in [1.165, 1.54) is 0 Å². The van der Waals surface area contributed by atoms with Crippen molar-refractivity contribution in [3.05, 3.63) is 76.9 Å². The number of aryl methyl sites for hydroxylation is 2. The number of benzene rings is 2. The van der Waals surface area contributed by atoms with Gasteiger partial charge in [0.15, 0.2) is 5.82 Å². The molecule has 0 fully saturated rings.